The molecule has 98 valence electrons. The summed E-state index contributed by atoms with van der Waals surface area (Å²) in [6.07, 6.45) is 0.948. The van der Waals surface area contributed by atoms with Crippen molar-refractivity contribution in [3.05, 3.63) is 59.8 Å². The van der Waals surface area contributed by atoms with E-state index in [0.717, 1.165) is 24.5 Å². The predicted octanol–water partition coefficient (Wildman–Crippen LogP) is 2.92. The average Bonchev–Trinajstić information content (AvgIpc) is 2.40. The first-order chi connectivity index (χ1) is 9.24. The Bertz CT molecular complexity index is 540. The van der Waals surface area contributed by atoms with E-state index in [1.807, 2.05) is 43.3 Å². The van der Waals surface area contributed by atoms with Gasteiger partial charge in [-0.05, 0) is 43.3 Å². The van der Waals surface area contributed by atoms with Crippen LogP contribution in [0.2, 0.25) is 0 Å². The topological polar surface area (TPSA) is 37.0 Å². The molecule has 0 spiro atoms. The maximum Gasteiger partial charge on any atom is 0.171 e. The first-order valence-electron chi connectivity index (χ1n) is 6.26. The fourth-order valence-corrected chi connectivity index (χ4v) is 1.94. The van der Waals surface area contributed by atoms with Gasteiger partial charge in [-0.2, -0.15) is 0 Å². The molecule has 4 heteroatoms. The van der Waals surface area contributed by atoms with E-state index in [2.05, 4.69) is 27.8 Å². The normalized spacial score (nSPS) is 9.95. The van der Waals surface area contributed by atoms with Crippen LogP contribution in [0.5, 0.6) is 0 Å². The molecule has 0 aliphatic heterocycles. The molecule has 0 aliphatic rings. The SMILES string of the molecule is Cc1cccc(NC(=S)NCCc2ccccc2)n1. The molecule has 1 aromatic carbocycles. The van der Waals surface area contributed by atoms with E-state index in [1.54, 1.807) is 0 Å². The Labute approximate surface area is 119 Å². The van der Waals surface area contributed by atoms with Gasteiger partial charge in [0.15, 0.2) is 5.11 Å². The van der Waals surface area contributed by atoms with Gasteiger partial charge in [0, 0.05) is 12.2 Å². The molecule has 2 N–H and O–H groups in total. The highest BCUT2D eigenvalue weighted by Gasteiger charge is 1.98. The Morgan fingerprint density at radius 2 is 1.89 bits per heavy atom. The molecule has 0 fully saturated rings. The highest BCUT2D eigenvalue weighted by Crippen LogP contribution is 2.03. The Kier molecular flexibility index (Phi) is 4.86. The third-order valence-corrected chi connectivity index (χ3v) is 2.92. The van der Waals surface area contributed by atoms with Crippen molar-refractivity contribution in [3.8, 4) is 0 Å². The lowest BCUT2D eigenvalue weighted by atomic mass is 10.1. The van der Waals surface area contributed by atoms with Gasteiger partial charge in [0.05, 0.1) is 0 Å². The van der Waals surface area contributed by atoms with Gasteiger partial charge in [-0.1, -0.05) is 36.4 Å². The summed E-state index contributed by atoms with van der Waals surface area (Å²) in [7, 11) is 0. The summed E-state index contributed by atoms with van der Waals surface area (Å²) < 4.78 is 0. The lowest BCUT2D eigenvalue weighted by Gasteiger charge is -2.10. The molecule has 0 saturated heterocycles. The van der Waals surface area contributed by atoms with Crippen LogP contribution in [0, 0.1) is 6.92 Å². The van der Waals surface area contributed by atoms with Crippen LogP contribution in [0.25, 0.3) is 0 Å². The molecule has 0 saturated carbocycles. The van der Waals surface area contributed by atoms with Gasteiger partial charge in [0.25, 0.3) is 0 Å². The average molecular weight is 271 g/mol. The predicted molar refractivity (Wildman–Crippen MR) is 83.3 cm³/mol. The molecule has 1 heterocycles. The van der Waals surface area contributed by atoms with Gasteiger partial charge < -0.3 is 10.6 Å². The highest BCUT2D eigenvalue weighted by atomic mass is 32.1. The molecule has 1 aromatic heterocycles. The molecule has 0 amide bonds. The summed E-state index contributed by atoms with van der Waals surface area (Å²) in [5, 5.41) is 6.86. The van der Waals surface area contributed by atoms with Crippen LogP contribution in [0.4, 0.5) is 5.82 Å². The number of pyridine rings is 1. The number of thiocarbonyl (C=S) groups is 1. The summed E-state index contributed by atoms with van der Waals surface area (Å²) in [6.45, 7) is 2.76. The van der Waals surface area contributed by atoms with Crippen LogP contribution in [-0.2, 0) is 6.42 Å². The zero-order valence-electron chi connectivity index (χ0n) is 10.9. The highest BCUT2D eigenvalue weighted by molar-refractivity contribution is 7.80. The van der Waals surface area contributed by atoms with Crippen LogP contribution in [-0.4, -0.2) is 16.6 Å². The number of nitrogens with zero attached hydrogens (tertiary/aromatic N) is 1. The number of aryl methyl sites for hydroxylation is 1. The van der Waals surface area contributed by atoms with E-state index in [1.165, 1.54) is 5.56 Å². The molecule has 0 radical (unpaired) electrons. The quantitative estimate of drug-likeness (QED) is 0.838. The van der Waals surface area contributed by atoms with Crippen LogP contribution in [0.15, 0.2) is 48.5 Å². The molecular formula is C15H17N3S. The van der Waals surface area contributed by atoms with Gasteiger partial charge in [-0.25, -0.2) is 4.98 Å². The third kappa shape index (κ3) is 4.67. The van der Waals surface area contributed by atoms with E-state index < -0.39 is 0 Å². The maximum absolute atomic E-state index is 5.23. The van der Waals surface area contributed by atoms with Gasteiger partial charge in [-0.15, -0.1) is 0 Å². The van der Waals surface area contributed by atoms with E-state index in [4.69, 9.17) is 12.2 Å². The second kappa shape index (κ2) is 6.85. The minimum Gasteiger partial charge on any atom is -0.362 e. The first kappa shape index (κ1) is 13.5. The van der Waals surface area contributed by atoms with E-state index in [0.29, 0.717) is 5.11 Å². The van der Waals surface area contributed by atoms with Crippen molar-refractivity contribution in [2.45, 2.75) is 13.3 Å². The molecule has 0 bridgehead atoms. The molecule has 0 unspecified atom stereocenters. The van der Waals surface area contributed by atoms with E-state index in [9.17, 15) is 0 Å². The maximum atomic E-state index is 5.23. The largest absolute Gasteiger partial charge is 0.362 e. The minimum absolute atomic E-state index is 0.606. The fourth-order valence-electron chi connectivity index (χ4n) is 1.74. The van der Waals surface area contributed by atoms with Crippen LogP contribution in [0.1, 0.15) is 11.3 Å². The second-order valence-electron chi connectivity index (χ2n) is 4.28. The summed E-state index contributed by atoms with van der Waals surface area (Å²) >= 11 is 5.23. The number of rotatable bonds is 4. The summed E-state index contributed by atoms with van der Waals surface area (Å²) in [5.74, 6) is 0.775. The van der Waals surface area contributed by atoms with Crippen LogP contribution < -0.4 is 10.6 Å². The number of nitrogens with one attached hydrogen (secondary N) is 2. The van der Waals surface area contributed by atoms with Crippen molar-refractivity contribution in [2.75, 3.05) is 11.9 Å². The second-order valence-corrected chi connectivity index (χ2v) is 4.69. The number of hydrogen-bond acceptors (Lipinski definition) is 2. The first-order valence-corrected chi connectivity index (χ1v) is 6.67. The van der Waals surface area contributed by atoms with Crippen molar-refractivity contribution < 1.29 is 0 Å². The molecule has 0 aliphatic carbocycles. The number of hydrogen-bond donors (Lipinski definition) is 2. The minimum atomic E-state index is 0.606. The summed E-state index contributed by atoms with van der Waals surface area (Å²) in [5.41, 5.74) is 2.27. The Hall–Kier alpha value is -1.94. The third-order valence-electron chi connectivity index (χ3n) is 2.67. The van der Waals surface area contributed by atoms with Crippen molar-refractivity contribution in [3.63, 3.8) is 0 Å². The zero-order chi connectivity index (χ0) is 13.5. The van der Waals surface area contributed by atoms with Crippen molar-refractivity contribution >= 4 is 23.1 Å². The number of aromatic nitrogens is 1. The fraction of sp³-hybridized carbons (Fsp3) is 0.200. The molecule has 19 heavy (non-hydrogen) atoms. The van der Waals surface area contributed by atoms with Crippen molar-refractivity contribution in [1.82, 2.24) is 10.3 Å². The molecular weight excluding hydrogens is 254 g/mol. The van der Waals surface area contributed by atoms with Crippen molar-refractivity contribution in [1.29, 1.82) is 0 Å². The summed E-state index contributed by atoms with van der Waals surface area (Å²) in [4.78, 5) is 4.34. The standard InChI is InChI=1S/C15H17N3S/c1-12-6-5-9-14(17-12)18-15(19)16-11-10-13-7-3-2-4-8-13/h2-9H,10-11H2,1H3,(H2,16,17,18,19). The Morgan fingerprint density at radius 1 is 1.11 bits per heavy atom. The number of anilines is 1. The van der Waals surface area contributed by atoms with Gasteiger partial charge >= 0.3 is 0 Å². The van der Waals surface area contributed by atoms with Crippen molar-refractivity contribution in [2.24, 2.45) is 0 Å². The molecule has 3 nitrogen and oxygen atoms in total. The van der Waals surface area contributed by atoms with Crippen LogP contribution >= 0.6 is 12.2 Å². The Morgan fingerprint density at radius 3 is 2.63 bits per heavy atom. The van der Waals surface area contributed by atoms with Gasteiger partial charge in [-0.3, -0.25) is 0 Å². The lowest BCUT2D eigenvalue weighted by molar-refractivity contribution is 0.873. The molecule has 2 aromatic rings. The van der Waals surface area contributed by atoms with Crippen LogP contribution in [0.3, 0.4) is 0 Å². The molecule has 0 atom stereocenters. The lowest BCUT2D eigenvalue weighted by Crippen LogP contribution is -2.30. The van der Waals surface area contributed by atoms with E-state index >= 15 is 0 Å². The monoisotopic (exact) mass is 271 g/mol. The zero-order valence-corrected chi connectivity index (χ0v) is 11.7. The Balaban J connectivity index is 1.76. The van der Waals surface area contributed by atoms with Gasteiger partial charge in [0.2, 0.25) is 0 Å². The van der Waals surface area contributed by atoms with E-state index in [-0.39, 0.29) is 0 Å². The summed E-state index contributed by atoms with van der Waals surface area (Å²) in [6, 6.07) is 16.1. The molecule has 2 rings (SSSR count). The smallest absolute Gasteiger partial charge is 0.171 e. The number of benzene rings is 1. The van der Waals surface area contributed by atoms with Gasteiger partial charge in [0.1, 0.15) is 5.82 Å².